The number of aromatic nitrogens is 3. The molecule has 2 aliphatic rings. The molecule has 1 aromatic heterocycles. The lowest BCUT2D eigenvalue weighted by molar-refractivity contribution is -0.138. The average Bonchev–Trinajstić information content (AvgIpc) is 2.88. The zero-order valence-electron chi connectivity index (χ0n) is 17.2. The summed E-state index contributed by atoms with van der Waals surface area (Å²) in [5.74, 6) is 2.18. The third-order valence-corrected chi connectivity index (χ3v) is 6.45. The van der Waals surface area contributed by atoms with E-state index in [9.17, 15) is 4.79 Å². The van der Waals surface area contributed by atoms with Crippen molar-refractivity contribution in [3.05, 3.63) is 47.5 Å². The molecule has 28 heavy (non-hydrogen) atoms. The van der Waals surface area contributed by atoms with E-state index in [-0.39, 0.29) is 18.5 Å². The van der Waals surface area contributed by atoms with Gasteiger partial charge < -0.3 is 9.80 Å². The molecule has 0 radical (unpaired) electrons. The number of hydrogen-bond donors (Lipinski definition) is 0. The van der Waals surface area contributed by atoms with Gasteiger partial charge in [-0.15, -0.1) is 0 Å². The van der Waals surface area contributed by atoms with Crippen LogP contribution < -0.4 is 0 Å². The van der Waals surface area contributed by atoms with Crippen molar-refractivity contribution >= 4 is 5.91 Å². The van der Waals surface area contributed by atoms with Crippen LogP contribution in [0.3, 0.4) is 0 Å². The number of hydrogen-bond acceptors (Lipinski definition) is 4. The number of likely N-dealkylation sites (N-methyl/N-ethyl adjacent to an activating group) is 1. The van der Waals surface area contributed by atoms with Crippen molar-refractivity contribution in [2.45, 2.75) is 64.1 Å². The van der Waals surface area contributed by atoms with Gasteiger partial charge in [0.1, 0.15) is 18.2 Å². The Balaban J connectivity index is 1.59. The van der Waals surface area contributed by atoms with Gasteiger partial charge in [0.25, 0.3) is 0 Å². The number of nitrogens with zero attached hydrogens (tertiary/aromatic N) is 5. The average molecular weight is 382 g/mol. The molecule has 1 amide bonds. The van der Waals surface area contributed by atoms with E-state index in [0.29, 0.717) is 12.0 Å². The molecule has 2 fully saturated rings. The summed E-state index contributed by atoms with van der Waals surface area (Å²) in [6.07, 6.45) is 4.47. The summed E-state index contributed by atoms with van der Waals surface area (Å²) in [6.45, 7) is 6.00. The molecule has 0 saturated carbocycles. The number of likely N-dealkylation sites (tertiary alicyclic amines) is 2. The number of aryl methyl sites for hydroxylation is 2. The maximum atomic E-state index is 13.3. The van der Waals surface area contributed by atoms with Gasteiger partial charge in [-0.05, 0) is 52.3 Å². The van der Waals surface area contributed by atoms with Crippen LogP contribution in [-0.2, 0) is 11.3 Å². The van der Waals surface area contributed by atoms with Crippen molar-refractivity contribution in [1.82, 2.24) is 24.6 Å². The SMILES string of the molecule is Cc1nc(C)n(CC(=O)N2CC[C@H](c3ccccc3)[C@@H]3[C@H]2CCCCN3C)n1. The molecule has 0 bridgehead atoms. The Hall–Kier alpha value is -2.21. The highest BCUT2D eigenvalue weighted by atomic mass is 16.2. The second-order valence-electron chi connectivity index (χ2n) is 8.29. The molecular formula is C22H31N5O. The van der Waals surface area contributed by atoms with Crippen LogP contribution in [0.4, 0.5) is 0 Å². The summed E-state index contributed by atoms with van der Waals surface area (Å²) in [5, 5.41) is 4.39. The predicted octanol–water partition coefficient (Wildman–Crippen LogP) is 2.76. The van der Waals surface area contributed by atoms with Gasteiger partial charge in [-0.2, -0.15) is 5.10 Å². The molecule has 6 heteroatoms. The normalized spacial score (nSPS) is 26.0. The Kier molecular flexibility index (Phi) is 5.49. The minimum Gasteiger partial charge on any atom is -0.336 e. The molecule has 3 heterocycles. The molecule has 0 N–H and O–H groups in total. The molecule has 1 aromatic carbocycles. The van der Waals surface area contributed by atoms with Crippen molar-refractivity contribution in [1.29, 1.82) is 0 Å². The molecule has 2 aliphatic heterocycles. The fraction of sp³-hybridized carbons (Fsp3) is 0.591. The van der Waals surface area contributed by atoms with E-state index in [0.717, 1.165) is 37.6 Å². The van der Waals surface area contributed by atoms with Gasteiger partial charge in [0.2, 0.25) is 5.91 Å². The zero-order valence-corrected chi connectivity index (χ0v) is 17.2. The first-order valence-electron chi connectivity index (χ1n) is 10.5. The van der Waals surface area contributed by atoms with E-state index in [4.69, 9.17) is 0 Å². The van der Waals surface area contributed by atoms with Gasteiger partial charge in [-0.25, -0.2) is 9.67 Å². The quantitative estimate of drug-likeness (QED) is 0.820. The Morgan fingerprint density at radius 2 is 1.89 bits per heavy atom. The Bertz CT molecular complexity index is 818. The molecule has 0 spiro atoms. The lowest BCUT2D eigenvalue weighted by Gasteiger charge is -2.48. The number of fused-ring (bicyclic) bond motifs is 1. The third kappa shape index (κ3) is 3.70. The van der Waals surface area contributed by atoms with Gasteiger partial charge in [-0.1, -0.05) is 36.8 Å². The van der Waals surface area contributed by atoms with Crippen LogP contribution in [0, 0.1) is 13.8 Å². The van der Waals surface area contributed by atoms with Crippen LogP contribution in [0.2, 0.25) is 0 Å². The monoisotopic (exact) mass is 381 g/mol. The number of benzene rings is 1. The van der Waals surface area contributed by atoms with Crippen molar-refractivity contribution in [3.63, 3.8) is 0 Å². The van der Waals surface area contributed by atoms with E-state index in [1.165, 1.54) is 18.4 Å². The highest BCUT2D eigenvalue weighted by molar-refractivity contribution is 5.76. The van der Waals surface area contributed by atoms with E-state index < -0.39 is 0 Å². The molecular weight excluding hydrogens is 350 g/mol. The molecule has 2 saturated heterocycles. The summed E-state index contributed by atoms with van der Waals surface area (Å²) in [5.41, 5.74) is 1.40. The second-order valence-corrected chi connectivity index (χ2v) is 8.29. The van der Waals surface area contributed by atoms with Crippen LogP contribution in [-0.4, -0.2) is 62.7 Å². The maximum absolute atomic E-state index is 13.3. The van der Waals surface area contributed by atoms with Gasteiger partial charge in [0.05, 0.1) is 0 Å². The smallest absolute Gasteiger partial charge is 0.244 e. The molecule has 4 rings (SSSR count). The third-order valence-electron chi connectivity index (χ3n) is 6.45. The van der Waals surface area contributed by atoms with Gasteiger partial charge in [0.15, 0.2) is 0 Å². The zero-order chi connectivity index (χ0) is 19.7. The van der Waals surface area contributed by atoms with Gasteiger partial charge in [0, 0.05) is 24.5 Å². The molecule has 6 nitrogen and oxygen atoms in total. The second kappa shape index (κ2) is 8.03. The number of carbonyl (C=O) groups excluding carboxylic acids is 1. The van der Waals surface area contributed by atoms with E-state index >= 15 is 0 Å². The van der Waals surface area contributed by atoms with Crippen molar-refractivity contribution in [2.24, 2.45) is 0 Å². The summed E-state index contributed by atoms with van der Waals surface area (Å²) < 4.78 is 1.75. The largest absolute Gasteiger partial charge is 0.336 e. The van der Waals surface area contributed by atoms with E-state index in [2.05, 4.69) is 57.3 Å². The topological polar surface area (TPSA) is 54.3 Å². The predicted molar refractivity (Wildman–Crippen MR) is 109 cm³/mol. The number of piperidine rings is 1. The van der Waals surface area contributed by atoms with Crippen LogP contribution in [0.15, 0.2) is 30.3 Å². The van der Waals surface area contributed by atoms with Crippen molar-refractivity contribution < 1.29 is 4.79 Å². The van der Waals surface area contributed by atoms with Crippen molar-refractivity contribution in [3.8, 4) is 0 Å². The lowest BCUT2D eigenvalue weighted by atomic mass is 9.79. The Labute approximate surface area is 167 Å². The molecule has 2 aromatic rings. The highest BCUT2D eigenvalue weighted by Gasteiger charge is 2.43. The van der Waals surface area contributed by atoms with Crippen molar-refractivity contribution in [2.75, 3.05) is 20.1 Å². The first-order chi connectivity index (χ1) is 13.5. The van der Waals surface area contributed by atoms with E-state index in [1.807, 2.05) is 13.8 Å². The first kappa shape index (κ1) is 19.1. The number of rotatable bonds is 3. The lowest BCUT2D eigenvalue weighted by Crippen LogP contribution is -2.59. The number of carbonyl (C=O) groups is 1. The standard InChI is InChI=1S/C22H31N5O/c1-16-23-17(2)27(24-16)15-21(28)26-14-12-19(18-9-5-4-6-10-18)22-20(26)11-7-8-13-25(22)3/h4-6,9-10,19-20,22H,7-8,11-15H2,1-3H3/t19-,20-,22-/m1/s1. The molecule has 150 valence electrons. The summed E-state index contributed by atoms with van der Waals surface area (Å²) >= 11 is 0. The number of amides is 1. The fourth-order valence-electron chi connectivity index (χ4n) is 5.16. The van der Waals surface area contributed by atoms with E-state index in [1.54, 1.807) is 4.68 Å². The maximum Gasteiger partial charge on any atom is 0.244 e. The van der Waals surface area contributed by atoms with Crippen LogP contribution in [0.5, 0.6) is 0 Å². The minimum absolute atomic E-state index is 0.171. The van der Waals surface area contributed by atoms with Crippen LogP contribution >= 0.6 is 0 Å². The minimum atomic E-state index is 0.171. The van der Waals surface area contributed by atoms with Gasteiger partial charge >= 0.3 is 0 Å². The molecule has 0 unspecified atom stereocenters. The fourth-order valence-corrected chi connectivity index (χ4v) is 5.16. The first-order valence-corrected chi connectivity index (χ1v) is 10.5. The molecule has 3 atom stereocenters. The van der Waals surface area contributed by atoms with Crippen LogP contribution in [0.25, 0.3) is 0 Å². The summed E-state index contributed by atoms with van der Waals surface area (Å²) in [4.78, 5) is 22.2. The van der Waals surface area contributed by atoms with Crippen LogP contribution in [0.1, 0.15) is 48.8 Å². The summed E-state index contributed by atoms with van der Waals surface area (Å²) in [7, 11) is 2.23. The Morgan fingerprint density at radius 1 is 1.11 bits per heavy atom. The highest BCUT2D eigenvalue weighted by Crippen LogP contribution is 2.38. The summed E-state index contributed by atoms with van der Waals surface area (Å²) in [6, 6.07) is 11.5. The molecule has 0 aliphatic carbocycles. The Morgan fingerprint density at radius 3 is 2.61 bits per heavy atom. The van der Waals surface area contributed by atoms with Gasteiger partial charge in [-0.3, -0.25) is 4.79 Å².